The highest BCUT2D eigenvalue weighted by Gasteiger charge is 2.33. The number of benzene rings is 1. The number of rotatable bonds is 6. The number of carbonyl (C=O) groups is 1. The lowest BCUT2D eigenvalue weighted by atomic mass is 10.1. The van der Waals surface area contributed by atoms with E-state index in [1.54, 1.807) is 25.3 Å². The average Bonchev–Trinajstić information content (AvgIpc) is 3.27. The minimum Gasteiger partial charge on any atom is -0.493 e. The van der Waals surface area contributed by atoms with Gasteiger partial charge in [0.05, 0.1) is 13.2 Å². The minimum absolute atomic E-state index is 0.0646. The summed E-state index contributed by atoms with van der Waals surface area (Å²) in [7, 11) is 1.56. The molecule has 0 bridgehead atoms. The molecule has 1 saturated heterocycles. The molecule has 1 aliphatic heterocycles. The SMILES string of the molecule is COc1ccc(C(=O)N2CCC[C@H]2c2n[nH]c(C)n2)cc1OCCN. The molecule has 8 nitrogen and oxygen atoms in total. The number of nitrogens with zero attached hydrogens (tertiary/aromatic N) is 3. The van der Waals surface area contributed by atoms with Crippen LogP contribution in [0.4, 0.5) is 0 Å². The lowest BCUT2D eigenvalue weighted by molar-refractivity contribution is 0.0729. The largest absolute Gasteiger partial charge is 0.493 e. The first-order valence-electron chi connectivity index (χ1n) is 8.34. The third kappa shape index (κ3) is 3.58. The van der Waals surface area contributed by atoms with Crippen molar-refractivity contribution in [3.05, 3.63) is 35.4 Å². The summed E-state index contributed by atoms with van der Waals surface area (Å²) < 4.78 is 10.9. The van der Waals surface area contributed by atoms with Gasteiger partial charge in [-0.1, -0.05) is 0 Å². The molecule has 0 saturated carbocycles. The van der Waals surface area contributed by atoms with Crippen molar-refractivity contribution in [1.29, 1.82) is 0 Å². The number of aryl methyl sites for hydroxylation is 1. The Kier molecular flexibility index (Phi) is 5.18. The van der Waals surface area contributed by atoms with Crippen molar-refractivity contribution in [2.24, 2.45) is 5.73 Å². The number of hydrogen-bond acceptors (Lipinski definition) is 6. The van der Waals surface area contributed by atoms with Crippen molar-refractivity contribution in [2.75, 3.05) is 26.8 Å². The highest BCUT2D eigenvalue weighted by Crippen LogP contribution is 2.33. The van der Waals surface area contributed by atoms with Crippen LogP contribution in [0.25, 0.3) is 0 Å². The fraction of sp³-hybridized carbons (Fsp3) is 0.471. The number of likely N-dealkylation sites (tertiary alicyclic amines) is 1. The zero-order chi connectivity index (χ0) is 17.8. The summed E-state index contributed by atoms with van der Waals surface area (Å²) in [5, 5.41) is 7.07. The molecule has 25 heavy (non-hydrogen) atoms. The number of aromatic nitrogens is 3. The van der Waals surface area contributed by atoms with Crippen molar-refractivity contribution >= 4 is 5.91 Å². The van der Waals surface area contributed by atoms with Crippen LogP contribution in [0.5, 0.6) is 11.5 Å². The highest BCUT2D eigenvalue weighted by atomic mass is 16.5. The number of hydrogen-bond donors (Lipinski definition) is 2. The standard InChI is InChI=1S/C17H23N5O3/c1-11-19-16(21-20-11)13-4-3-8-22(13)17(23)12-5-6-14(24-2)15(10-12)25-9-7-18/h5-6,10,13H,3-4,7-9,18H2,1-2H3,(H,19,20,21)/t13-/m0/s1. The molecule has 2 aromatic rings. The first-order valence-corrected chi connectivity index (χ1v) is 8.34. The predicted octanol–water partition coefficient (Wildman–Crippen LogP) is 1.44. The van der Waals surface area contributed by atoms with Gasteiger partial charge in [0.1, 0.15) is 12.4 Å². The number of nitrogens with one attached hydrogen (secondary N) is 1. The van der Waals surface area contributed by atoms with E-state index in [9.17, 15) is 4.79 Å². The number of amides is 1. The number of carbonyl (C=O) groups excluding carboxylic acids is 1. The van der Waals surface area contributed by atoms with E-state index in [2.05, 4.69) is 15.2 Å². The van der Waals surface area contributed by atoms with Crippen molar-refractivity contribution in [2.45, 2.75) is 25.8 Å². The van der Waals surface area contributed by atoms with E-state index in [-0.39, 0.29) is 11.9 Å². The van der Waals surface area contributed by atoms with Gasteiger partial charge in [-0.3, -0.25) is 9.89 Å². The van der Waals surface area contributed by atoms with Crippen molar-refractivity contribution < 1.29 is 14.3 Å². The molecule has 1 atom stereocenters. The first kappa shape index (κ1) is 17.2. The van der Waals surface area contributed by atoms with Gasteiger partial charge in [0.25, 0.3) is 5.91 Å². The van der Waals surface area contributed by atoms with Crippen LogP contribution >= 0.6 is 0 Å². The third-order valence-corrected chi connectivity index (χ3v) is 4.21. The molecule has 0 unspecified atom stereocenters. The molecule has 8 heteroatoms. The van der Waals surface area contributed by atoms with Crippen LogP contribution in [-0.2, 0) is 0 Å². The second-order valence-electron chi connectivity index (χ2n) is 5.94. The fourth-order valence-electron chi connectivity index (χ4n) is 3.04. The van der Waals surface area contributed by atoms with E-state index in [0.29, 0.717) is 42.6 Å². The Morgan fingerprint density at radius 3 is 2.96 bits per heavy atom. The number of nitrogens with two attached hydrogens (primary N) is 1. The van der Waals surface area contributed by atoms with E-state index >= 15 is 0 Å². The summed E-state index contributed by atoms with van der Waals surface area (Å²) in [5.74, 6) is 2.44. The molecule has 0 spiro atoms. The summed E-state index contributed by atoms with van der Waals surface area (Å²) in [5.41, 5.74) is 6.04. The molecule has 0 radical (unpaired) electrons. The maximum Gasteiger partial charge on any atom is 0.254 e. The molecule has 134 valence electrons. The summed E-state index contributed by atoms with van der Waals surface area (Å²) in [4.78, 5) is 19.2. The van der Waals surface area contributed by atoms with Gasteiger partial charge < -0.3 is 20.1 Å². The van der Waals surface area contributed by atoms with E-state index in [1.807, 2.05) is 11.8 Å². The lowest BCUT2D eigenvalue weighted by Crippen LogP contribution is -2.31. The van der Waals surface area contributed by atoms with Gasteiger partial charge in [0.15, 0.2) is 17.3 Å². The van der Waals surface area contributed by atoms with Gasteiger partial charge in [-0.15, -0.1) is 0 Å². The van der Waals surface area contributed by atoms with E-state index in [4.69, 9.17) is 15.2 Å². The van der Waals surface area contributed by atoms with Crippen LogP contribution in [-0.4, -0.2) is 52.8 Å². The van der Waals surface area contributed by atoms with Gasteiger partial charge >= 0.3 is 0 Å². The van der Waals surface area contributed by atoms with Crippen LogP contribution in [0, 0.1) is 6.92 Å². The van der Waals surface area contributed by atoms with E-state index in [0.717, 1.165) is 18.7 Å². The van der Waals surface area contributed by atoms with Crippen LogP contribution < -0.4 is 15.2 Å². The van der Waals surface area contributed by atoms with E-state index < -0.39 is 0 Å². The summed E-state index contributed by atoms with van der Waals surface area (Å²) in [6.45, 7) is 3.28. The van der Waals surface area contributed by atoms with E-state index in [1.165, 1.54) is 0 Å². The Labute approximate surface area is 146 Å². The number of methoxy groups -OCH3 is 1. The zero-order valence-corrected chi connectivity index (χ0v) is 14.5. The molecule has 3 N–H and O–H groups in total. The van der Waals surface area contributed by atoms with Crippen LogP contribution in [0.15, 0.2) is 18.2 Å². The van der Waals surface area contributed by atoms with Crippen molar-refractivity contribution in [3.63, 3.8) is 0 Å². The highest BCUT2D eigenvalue weighted by molar-refractivity contribution is 5.95. The maximum atomic E-state index is 13.0. The summed E-state index contributed by atoms with van der Waals surface area (Å²) in [6, 6.07) is 5.08. The second kappa shape index (κ2) is 7.52. The zero-order valence-electron chi connectivity index (χ0n) is 14.5. The third-order valence-electron chi connectivity index (χ3n) is 4.21. The number of H-pyrrole nitrogens is 1. The molecule has 1 aromatic carbocycles. The molecule has 1 aliphatic rings. The molecule has 1 amide bonds. The molecule has 3 rings (SSSR count). The molecule has 2 heterocycles. The average molecular weight is 345 g/mol. The predicted molar refractivity (Wildman–Crippen MR) is 91.7 cm³/mol. The molecule has 0 aliphatic carbocycles. The smallest absolute Gasteiger partial charge is 0.254 e. The monoisotopic (exact) mass is 345 g/mol. The number of ether oxygens (including phenoxy) is 2. The Bertz CT molecular complexity index is 746. The Balaban J connectivity index is 1.84. The van der Waals surface area contributed by atoms with Crippen LogP contribution in [0.2, 0.25) is 0 Å². The Morgan fingerprint density at radius 1 is 1.44 bits per heavy atom. The van der Waals surface area contributed by atoms with Crippen LogP contribution in [0.3, 0.4) is 0 Å². The number of aromatic amines is 1. The molecular weight excluding hydrogens is 322 g/mol. The molecule has 1 fully saturated rings. The van der Waals surface area contributed by atoms with Gasteiger partial charge in [-0.25, -0.2) is 4.98 Å². The maximum absolute atomic E-state index is 13.0. The minimum atomic E-state index is -0.104. The van der Waals surface area contributed by atoms with Gasteiger partial charge in [0, 0.05) is 18.7 Å². The second-order valence-corrected chi connectivity index (χ2v) is 5.94. The lowest BCUT2D eigenvalue weighted by Gasteiger charge is -2.23. The van der Waals surface area contributed by atoms with Gasteiger partial charge in [-0.2, -0.15) is 5.10 Å². The summed E-state index contributed by atoms with van der Waals surface area (Å²) in [6.07, 6.45) is 1.78. The first-order chi connectivity index (χ1) is 12.1. The normalized spacial score (nSPS) is 16.9. The van der Waals surface area contributed by atoms with Crippen molar-refractivity contribution in [3.8, 4) is 11.5 Å². The van der Waals surface area contributed by atoms with Gasteiger partial charge in [-0.05, 0) is 38.0 Å². The van der Waals surface area contributed by atoms with Crippen molar-refractivity contribution in [1.82, 2.24) is 20.1 Å². The molecule has 1 aromatic heterocycles. The summed E-state index contributed by atoms with van der Waals surface area (Å²) >= 11 is 0. The van der Waals surface area contributed by atoms with Crippen LogP contribution in [0.1, 0.15) is 40.9 Å². The Hall–Kier alpha value is -2.61. The topological polar surface area (TPSA) is 106 Å². The van der Waals surface area contributed by atoms with Gasteiger partial charge in [0.2, 0.25) is 0 Å². The Morgan fingerprint density at radius 2 is 2.28 bits per heavy atom. The quantitative estimate of drug-likeness (QED) is 0.820. The fourth-order valence-corrected chi connectivity index (χ4v) is 3.04. The molecular formula is C17H23N5O3.